The molecular weight excluding hydrogens is 181 g/mol. The van der Waals surface area contributed by atoms with Crippen molar-refractivity contribution in [2.75, 3.05) is 0 Å². The zero-order valence-electron chi connectivity index (χ0n) is 8.27. The van der Waals surface area contributed by atoms with E-state index < -0.39 is 6.36 Å². The molecule has 13 heavy (non-hydrogen) atoms. The van der Waals surface area contributed by atoms with Crippen LogP contribution < -0.4 is 0 Å². The van der Waals surface area contributed by atoms with Crippen molar-refractivity contribution in [1.82, 2.24) is 0 Å². The second-order valence-electron chi connectivity index (χ2n) is 3.43. The SMILES string of the molecule is C/C(=C\C(C)C(C)C)OC(F)(F)F. The van der Waals surface area contributed by atoms with Gasteiger partial charge in [-0.15, -0.1) is 13.2 Å². The van der Waals surface area contributed by atoms with Crippen LogP contribution in [-0.4, -0.2) is 6.36 Å². The summed E-state index contributed by atoms with van der Waals surface area (Å²) in [6.07, 6.45) is -3.09. The molecule has 0 aliphatic rings. The molecule has 0 N–H and O–H groups in total. The minimum absolute atomic E-state index is 0.0855. The topological polar surface area (TPSA) is 9.23 Å². The molecule has 0 aromatic heterocycles. The second-order valence-corrected chi connectivity index (χ2v) is 3.43. The van der Waals surface area contributed by atoms with E-state index in [-0.39, 0.29) is 11.7 Å². The highest BCUT2D eigenvalue weighted by Crippen LogP contribution is 2.22. The summed E-state index contributed by atoms with van der Waals surface area (Å²) in [7, 11) is 0. The lowest BCUT2D eigenvalue weighted by atomic mass is 9.97. The van der Waals surface area contributed by atoms with E-state index in [1.807, 2.05) is 20.8 Å². The largest absolute Gasteiger partial charge is 0.572 e. The summed E-state index contributed by atoms with van der Waals surface area (Å²) in [5.74, 6) is 0.308. The van der Waals surface area contributed by atoms with E-state index in [9.17, 15) is 13.2 Å². The van der Waals surface area contributed by atoms with Crippen molar-refractivity contribution in [1.29, 1.82) is 0 Å². The van der Waals surface area contributed by atoms with Crippen LogP contribution in [-0.2, 0) is 4.74 Å². The van der Waals surface area contributed by atoms with Gasteiger partial charge in [-0.05, 0) is 24.8 Å². The fourth-order valence-corrected chi connectivity index (χ4v) is 0.779. The zero-order chi connectivity index (χ0) is 10.6. The summed E-state index contributed by atoms with van der Waals surface area (Å²) < 4.78 is 38.8. The Kier molecular flexibility index (Phi) is 4.30. The molecule has 1 nitrogen and oxygen atoms in total. The lowest BCUT2D eigenvalue weighted by molar-refractivity contribution is -0.305. The number of allylic oxidation sites excluding steroid dienone is 2. The number of alkyl halides is 3. The molecule has 0 saturated carbocycles. The molecule has 0 amide bonds. The number of hydrogen-bond acceptors (Lipinski definition) is 1. The van der Waals surface area contributed by atoms with Crippen LogP contribution in [0, 0.1) is 11.8 Å². The molecule has 4 heteroatoms. The molecule has 0 spiro atoms. The summed E-state index contributed by atoms with van der Waals surface area (Å²) in [6.45, 7) is 7.06. The number of halogens is 3. The van der Waals surface area contributed by atoms with E-state index in [0.717, 1.165) is 0 Å². The molecule has 78 valence electrons. The Morgan fingerprint density at radius 3 is 2.00 bits per heavy atom. The van der Waals surface area contributed by atoms with Crippen LogP contribution in [0.2, 0.25) is 0 Å². The summed E-state index contributed by atoms with van der Waals surface area (Å²) >= 11 is 0. The molecule has 1 atom stereocenters. The zero-order valence-corrected chi connectivity index (χ0v) is 8.27. The van der Waals surface area contributed by atoms with Crippen molar-refractivity contribution in [2.45, 2.75) is 34.1 Å². The molecule has 0 radical (unpaired) electrons. The normalized spacial score (nSPS) is 16.2. The summed E-state index contributed by atoms with van der Waals surface area (Å²) in [5.41, 5.74) is 0. The van der Waals surface area contributed by atoms with Gasteiger partial charge in [0.25, 0.3) is 0 Å². The van der Waals surface area contributed by atoms with Crippen molar-refractivity contribution in [3.63, 3.8) is 0 Å². The summed E-state index contributed by atoms with van der Waals surface area (Å²) in [4.78, 5) is 0. The average Bonchev–Trinajstić information content (AvgIpc) is 1.81. The summed E-state index contributed by atoms with van der Waals surface area (Å²) in [5, 5.41) is 0. The Morgan fingerprint density at radius 1 is 1.23 bits per heavy atom. The van der Waals surface area contributed by atoms with Gasteiger partial charge in [0.2, 0.25) is 0 Å². The van der Waals surface area contributed by atoms with E-state index in [1.165, 1.54) is 13.0 Å². The number of ether oxygens (including phenoxy) is 1. The van der Waals surface area contributed by atoms with Gasteiger partial charge in [0.15, 0.2) is 0 Å². The Balaban J connectivity index is 4.17. The molecule has 0 aliphatic carbocycles. The quantitative estimate of drug-likeness (QED) is 0.625. The fourth-order valence-electron chi connectivity index (χ4n) is 0.779. The Morgan fingerprint density at radius 2 is 1.69 bits per heavy atom. The molecule has 0 saturated heterocycles. The first-order chi connectivity index (χ1) is 5.72. The lowest BCUT2D eigenvalue weighted by Crippen LogP contribution is -2.12. The molecule has 0 bridgehead atoms. The van der Waals surface area contributed by atoms with Gasteiger partial charge in [-0.1, -0.05) is 20.8 Å². The Labute approximate surface area is 76.6 Å². The third-order valence-corrected chi connectivity index (χ3v) is 1.83. The van der Waals surface area contributed by atoms with E-state index in [4.69, 9.17) is 0 Å². The molecule has 1 unspecified atom stereocenters. The van der Waals surface area contributed by atoms with Crippen LogP contribution >= 0.6 is 0 Å². The second kappa shape index (κ2) is 4.53. The molecule has 0 rings (SSSR count). The molecule has 0 aliphatic heterocycles. The van der Waals surface area contributed by atoms with Crippen LogP contribution in [0.1, 0.15) is 27.7 Å². The van der Waals surface area contributed by atoms with Crippen LogP contribution in [0.5, 0.6) is 0 Å². The minimum atomic E-state index is -4.57. The number of rotatable bonds is 3. The van der Waals surface area contributed by atoms with E-state index >= 15 is 0 Å². The van der Waals surface area contributed by atoms with Crippen LogP contribution in [0.15, 0.2) is 11.8 Å². The third-order valence-electron chi connectivity index (χ3n) is 1.83. The van der Waals surface area contributed by atoms with Crippen molar-refractivity contribution < 1.29 is 17.9 Å². The highest BCUT2D eigenvalue weighted by molar-refractivity contribution is 4.93. The monoisotopic (exact) mass is 196 g/mol. The number of hydrogen-bond donors (Lipinski definition) is 0. The van der Waals surface area contributed by atoms with Gasteiger partial charge < -0.3 is 4.74 Å². The van der Waals surface area contributed by atoms with Gasteiger partial charge in [0.05, 0.1) is 5.76 Å². The van der Waals surface area contributed by atoms with Crippen molar-refractivity contribution in [3.05, 3.63) is 11.8 Å². The van der Waals surface area contributed by atoms with E-state index in [0.29, 0.717) is 5.92 Å². The van der Waals surface area contributed by atoms with Crippen molar-refractivity contribution in [2.24, 2.45) is 11.8 Å². The van der Waals surface area contributed by atoms with Crippen LogP contribution in [0.25, 0.3) is 0 Å². The van der Waals surface area contributed by atoms with Gasteiger partial charge in [-0.2, -0.15) is 0 Å². The lowest BCUT2D eigenvalue weighted by Gasteiger charge is -2.14. The molecule has 0 heterocycles. The molecule has 0 aromatic rings. The predicted octanol–water partition coefficient (Wildman–Crippen LogP) is 3.72. The smallest absolute Gasteiger partial charge is 0.411 e. The highest BCUT2D eigenvalue weighted by Gasteiger charge is 2.30. The highest BCUT2D eigenvalue weighted by atomic mass is 19.4. The maximum Gasteiger partial charge on any atom is 0.572 e. The molecule has 0 fully saturated rings. The van der Waals surface area contributed by atoms with Crippen LogP contribution in [0.3, 0.4) is 0 Å². The summed E-state index contributed by atoms with van der Waals surface area (Å²) in [6, 6.07) is 0. The van der Waals surface area contributed by atoms with E-state index in [1.54, 1.807) is 0 Å². The van der Waals surface area contributed by atoms with Gasteiger partial charge in [-0.25, -0.2) is 0 Å². The van der Waals surface area contributed by atoms with Crippen LogP contribution in [0.4, 0.5) is 13.2 Å². The Bertz CT molecular complexity index is 182. The molecular formula is C9H15F3O. The van der Waals surface area contributed by atoms with Gasteiger partial charge >= 0.3 is 6.36 Å². The third kappa shape index (κ3) is 6.49. The standard InChI is InChI=1S/C9H15F3O/c1-6(2)7(3)5-8(4)13-9(10,11)12/h5-7H,1-4H3/b8-5+. The maximum absolute atomic E-state index is 11.7. The fraction of sp³-hybridized carbons (Fsp3) is 0.778. The van der Waals surface area contributed by atoms with Crippen molar-refractivity contribution in [3.8, 4) is 0 Å². The first kappa shape index (κ1) is 12.3. The minimum Gasteiger partial charge on any atom is -0.411 e. The first-order valence-electron chi connectivity index (χ1n) is 4.16. The average molecular weight is 196 g/mol. The Hall–Kier alpha value is -0.670. The van der Waals surface area contributed by atoms with Gasteiger partial charge in [0, 0.05) is 0 Å². The van der Waals surface area contributed by atoms with E-state index in [2.05, 4.69) is 4.74 Å². The predicted molar refractivity (Wildman–Crippen MR) is 44.9 cm³/mol. The molecule has 0 aromatic carbocycles. The first-order valence-corrected chi connectivity index (χ1v) is 4.16. The maximum atomic E-state index is 11.7. The van der Waals surface area contributed by atoms with Crippen molar-refractivity contribution >= 4 is 0 Å². The van der Waals surface area contributed by atoms with Gasteiger partial charge in [0.1, 0.15) is 0 Å². The van der Waals surface area contributed by atoms with Gasteiger partial charge in [-0.3, -0.25) is 0 Å².